The molecule has 2 fully saturated rings. The largest absolute Gasteiger partial charge is 0.468 e. The average molecular weight is 499 g/mol. The molecule has 2 saturated heterocycles. The van der Waals surface area contributed by atoms with Crippen LogP contribution in [0.5, 0.6) is 0 Å². The third-order valence-corrected chi connectivity index (χ3v) is 6.87. The number of carbonyl (C=O) groups excluding carboxylic acids is 3. The van der Waals surface area contributed by atoms with E-state index in [0.29, 0.717) is 19.6 Å². The molecule has 0 aromatic rings. The molecule has 0 aliphatic carbocycles. The highest BCUT2D eigenvalue weighted by Crippen LogP contribution is 2.04. The number of methoxy groups -OCH3 is 2. The minimum Gasteiger partial charge on any atom is -0.468 e. The molecule has 2 aliphatic heterocycles. The smallest absolute Gasteiger partial charge is 0.319 e. The van der Waals surface area contributed by atoms with Crippen LogP contribution < -0.4 is 0 Å². The lowest BCUT2D eigenvalue weighted by Crippen LogP contribution is -2.44. The van der Waals surface area contributed by atoms with Gasteiger partial charge in [-0.25, -0.2) is 0 Å². The van der Waals surface area contributed by atoms with Gasteiger partial charge in [-0.15, -0.1) is 0 Å². The topological polar surface area (TPSA) is 89.1 Å². The number of ketones is 1. The van der Waals surface area contributed by atoms with E-state index in [1.54, 1.807) is 6.92 Å². The molecule has 0 amide bonds. The number of hydrogen-bond acceptors (Lipinski definition) is 11. The van der Waals surface area contributed by atoms with E-state index in [2.05, 4.69) is 36.4 Å². The second-order valence-corrected chi connectivity index (χ2v) is 9.67. The zero-order valence-electron chi connectivity index (χ0n) is 22.2. The summed E-state index contributed by atoms with van der Waals surface area (Å²) in [6, 6.07) is 0. The third kappa shape index (κ3) is 12.2. The molecule has 2 heterocycles. The summed E-state index contributed by atoms with van der Waals surface area (Å²) in [4.78, 5) is 49.1. The van der Waals surface area contributed by atoms with Crippen molar-refractivity contribution in [3.63, 3.8) is 0 Å². The van der Waals surface area contributed by atoms with E-state index in [4.69, 9.17) is 9.47 Å². The first-order valence-corrected chi connectivity index (χ1v) is 12.7. The van der Waals surface area contributed by atoms with Crippen molar-refractivity contribution in [2.75, 3.05) is 133 Å². The fraction of sp³-hybridized carbons (Fsp3) is 0.875. The van der Waals surface area contributed by atoms with Gasteiger partial charge >= 0.3 is 11.9 Å². The molecular formula is C24H46N6O5. The second-order valence-electron chi connectivity index (χ2n) is 9.67. The maximum Gasteiger partial charge on any atom is 0.319 e. The monoisotopic (exact) mass is 498 g/mol. The Hall–Kier alpha value is -1.63. The van der Waals surface area contributed by atoms with Gasteiger partial charge < -0.3 is 14.4 Å². The number of carbonyl (C=O) groups is 3. The van der Waals surface area contributed by atoms with Crippen LogP contribution in [0.1, 0.15) is 6.92 Å². The maximum atomic E-state index is 11.9. The molecule has 35 heavy (non-hydrogen) atoms. The molecule has 202 valence electrons. The van der Waals surface area contributed by atoms with Crippen LogP contribution in [-0.4, -0.2) is 180 Å². The van der Waals surface area contributed by atoms with E-state index in [1.165, 1.54) is 14.2 Å². The van der Waals surface area contributed by atoms with Crippen LogP contribution in [0.2, 0.25) is 0 Å². The molecule has 0 aromatic heterocycles. The minimum absolute atomic E-state index is 0.211. The van der Waals surface area contributed by atoms with Gasteiger partial charge in [-0.2, -0.15) is 0 Å². The third-order valence-electron chi connectivity index (χ3n) is 6.87. The summed E-state index contributed by atoms with van der Waals surface area (Å²) in [5.41, 5.74) is 0. The zero-order chi connectivity index (χ0) is 25.6. The molecule has 2 aliphatic rings. The fourth-order valence-electron chi connectivity index (χ4n) is 4.44. The molecule has 0 aromatic carbocycles. The fourth-order valence-corrected chi connectivity index (χ4v) is 4.44. The molecule has 2 rings (SSSR count). The number of likely N-dealkylation sites (N-methyl/N-ethyl adjacent to an activating group) is 1. The Kier molecular flexibility index (Phi) is 13.7. The molecule has 0 N–H and O–H groups in total. The summed E-state index contributed by atoms with van der Waals surface area (Å²) >= 11 is 0. The van der Waals surface area contributed by atoms with Crippen LogP contribution in [-0.2, 0) is 23.9 Å². The van der Waals surface area contributed by atoms with Gasteiger partial charge in [-0.05, 0) is 14.0 Å². The first kappa shape index (κ1) is 29.6. The van der Waals surface area contributed by atoms with E-state index in [1.807, 2.05) is 0 Å². The molecule has 0 spiro atoms. The van der Waals surface area contributed by atoms with Crippen LogP contribution in [0.25, 0.3) is 0 Å². The van der Waals surface area contributed by atoms with E-state index >= 15 is 0 Å². The molecule has 0 radical (unpaired) electrons. The summed E-state index contributed by atoms with van der Waals surface area (Å²) in [5, 5.41) is 0. The van der Waals surface area contributed by atoms with Crippen molar-refractivity contribution in [2.45, 2.75) is 6.92 Å². The molecule has 11 nitrogen and oxygen atoms in total. The highest BCUT2D eigenvalue weighted by molar-refractivity contribution is 5.77. The van der Waals surface area contributed by atoms with E-state index in [-0.39, 0.29) is 30.8 Å². The van der Waals surface area contributed by atoms with E-state index < -0.39 is 0 Å². The lowest BCUT2D eigenvalue weighted by Gasteiger charge is -2.30. The molecule has 0 saturated carbocycles. The standard InChI is InChI=1S/C24H46N6O5/c1-22(31)19-28-8-6-25(2)5-7-26(11-14-28)9-10-27-12-15-29(20-23(32)34-3)17-18-30(16-13-27)21-24(33)35-4/h5-21H2,1-4H3. The quantitative estimate of drug-likeness (QED) is 0.344. The zero-order valence-corrected chi connectivity index (χ0v) is 22.2. The van der Waals surface area contributed by atoms with Crippen LogP contribution in [0.3, 0.4) is 0 Å². The predicted octanol–water partition coefficient (Wildman–Crippen LogP) is -1.61. The lowest BCUT2D eigenvalue weighted by molar-refractivity contribution is -0.143. The van der Waals surface area contributed by atoms with Crippen molar-refractivity contribution in [2.24, 2.45) is 0 Å². The number of nitrogens with zero attached hydrogens (tertiary/aromatic N) is 6. The van der Waals surface area contributed by atoms with E-state index in [0.717, 1.165) is 78.5 Å². The van der Waals surface area contributed by atoms with Gasteiger partial charge in [0.15, 0.2) is 0 Å². The number of hydrogen-bond donors (Lipinski definition) is 0. The Balaban J connectivity index is 1.97. The first-order valence-electron chi connectivity index (χ1n) is 12.7. The predicted molar refractivity (Wildman–Crippen MR) is 134 cm³/mol. The molecule has 0 unspecified atom stereocenters. The van der Waals surface area contributed by atoms with Crippen molar-refractivity contribution in [1.29, 1.82) is 0 Å². The van der Waals surface area contributed by atoms with Crippen LogP contribution in [0.15, 0.2) is 0 Å². The van der Waals surface area contributed by atoms with Crippen LogP contribution in [0, 0.1) is 0 Å². The Bertz CT molecular complexity index is 636. The highest BCUT2D eigenvalue weighted by atomic mass is 16.5. The normalized spacial score (nSPS) is 21.7. The number of Topliss-reactive ketones (excluding diaryl/α,β-unsaturated/α-hetero) is 1. The first-order chi connectivity index (χ1) is 16.8. The Morgan fingerprint density at radius 3 is 1.23 bits per heavy atom. The molecule has 0 atom stereocenters. The van der Waals surface area contributed by atoms with Crippen molar-refractivity contribution in [3.05, 3.63) is 0 Å². The second kappa shape index (κ2) is 16.2. The molecule has 11 heteroatoms. The van der Waals surface area contributed by atoms with E-state index in [9.17, 15) is 14.4 Å². The van der Waals surface area contributed by atoms with Crippen molar-refractivity contribution in [1.82, 2.24) is 29.4 Å². The van der Waals surface area contributed by atoms with Crippen LogP contribution in [0.4, 0.5) is 0 Å². The Labute approximate surface area is 210 Å². The van der Waals surface area contributed by atoms with Crippen molar-refractivity contribution >= 4 is 17.7 Å². The summed E-state index contributed by atoms with van der Waals surface area (Å²) in [5.74, 6) is -0.277. The van der Waals surface area contributed by atoms with Gasteiger partial charge in [-0.3, -0.25) is 38.9 Å². The van der Waals surface area contributed by atoms with Gasteiger partial charge in [-0.1, -0.05) is 0 Å². The average Bonchev–Trinajstić information content (AvgIpc) is 2.97. The van der Waals surface area contributed by atoms with Gasteiger partial charge in [0.1, 0.15) is 5.78 Å². The number of esters is 2. The lowest BCUT2D eigenvalue weighted by atomic mass is 10.3. The van der Waals surface area contributed by atoms with Crippen molar-refractivity contribution < 1.29 is 23.9 Å². The highest BCUT2D eigenvalue weighted by Gasteiger charge is 2.21. The van der Waals surface area contributed by atoms with Gasteiger partial charge in [0.25, 0.3) is 0 Å². The van der Waals surface area contributed by atoms with Gasteiger partial charge in [0.2, 0.25) is 0 Å². The Morgan fingerprint density at radius 2 is 0.857 bits per heavy atom. The summed E-state index contributed by atoms with van der Waals surface area (Å²) < 4.78 is 9.75. The summed E-state index contributed by atoms with van der Waals surface area (Å²) in [6.45, 7) is 14.9. The van der Waals surface area contributed by atoms with Gasteiger partial charge in [0.05, 0.1) is 33.9 Å². The van der Waals surface area contributed by atoms with Crippen LogP contribution >= 0.6 is 0 Å². The maximum absolute atomic E-state index is 11.9. The molecule has 0 bridgehead atoms. The van der Waals surface area contributed by atoms with Gasteiger partial charge in [0, 0.05) is 91.6 Å². The number of ether oxygens (including phenoxy) is 2. The number of rotatable bonds is 9. The Morgan fingerprint density at radius 1 is 0.543 bits per heavy atom. The summed E-state index contributed by atoms with van der Waals surface area (Å²) in [6.07, 6.45) is 0. The molecular weight excluding hydrogens is 452 g/mol. The van der Waals surface area contributed by atoms with Crippen molar-refractivity contribution in [3.8, 4) is 0 Å². The SMILES string of the molecule is COC(=O)CN1CCN(CCN2CCN(C)CCN(CC(C)=O)CC2)CCN(CC(=O)OC)CC1. The minimum atomic E-state index is -0.244. The summed E-state index contributed by atoms with van der Waals surface area (Å²) in [7, 11) is 4.97.